The predicted molar refractivity (Wildman–Crippen MR) is 147 cm³/mol. The average molecular weight is 559 g/mol. The number of piperidine rings is 2. The summed E-state index contributed by atoms with van der Waals surface area (Å²) in [5.41, 5.74) is 3.29. The number of nitrogens with zero attached hydrogens (tertiary/aromatic N) is 3. The molecule has 0 saturated carbocycles. The summed E-state index contributed by atoms with van der Waals surface area (Å²) in [6.07, 6.45) is 2.08. The number of amides is 1. The molecule has 0 aromatic heterocycles. The summed E-state index contributed by atoms with van der Waals surface area (Å²) in [6.45, 7) is 4.91. The summed E-state index contributed by atoms with van der Waals surface area (Å²) in [5, 5.41) is 8.30. The second kappa shape index (κ2) is 11.4. The highest BCUT2D eigenvalue weighted by atomic mass is 32.2. The lowest BCUT2D eigenvalue weighted by molar-refractivity contribution is 0.0713. The highest BCUT2D eigenvalue weighted by Gasteiger charge is 2.34. The van der Waals surface area contributed by atoms with Gasteiger partial charge in [-0.2, -0.15) is 5.26 Å². The summed E-state index contributed by atoms with van der Waals surface area (Å²) in [6, 6.07) is 14.8. The lowest BCUT2D eigenvalue weighted by Gasteiger charge is -2.32. The number of benzene rings is 2. The zero-order valence-corrected chi connectivity index (χ0v) is 23.4. The zero-order valence-electron chi connectivity index (χ0n) is 21.8. The number of carbonyl (C=O) groups excluding carboxylic acids is 1. The molecular weight excluding hydrogens is 524 g/mol. The standard InChI is InChI=1S/C27H34N4O5S2/c1-3-37(33,34)31-16-12-25(13-17-31)38(35,36)29-26-18-24(7-4-20(26)2)27(32)30-14-10-23(11-15-30)22-8-5-21(19-28)6-9-22/h4-9,18,23,25,29H,3,10-17H2,1-2H3. The molecule has 0 atom stereocenters. The van der Waals surface area contributed by atoms with E-state index < -0.39 is 25.3 Å². The normalized spacial score (nSPS) is 18.2. The summed E-state index contributed by atoms with van der Waals surface area (Å²) < 4.78 is 54.5. The Labute approximate surface area is 225 Å². The molecule has 2 aromatic carbocycles. The lowest BCUT2D eigenvalue weighted by atomic mass is 9.89. The first-order chi connectivity index (χ1) is 18.0. The minimum atomic E-state index is -3.76. The molecule has 2 heterocycles. The van der Waals surface area contributed by atoms with Crippen molar-refractivity contribution >= 4 is 31.6 Å². The van der Waals surface area contributed by atoms with Crippen LogP contribution in [0.5, 0.6) is 0 Å². The van der Waals surface area contributed by atoms with Crippen LogP contribution in [0, 0.1) is 18.3 Å². The smallest absolute Gasteiger partial charge is 0.253 e. The number of anilines is 1. The summed E-state index contributed by atoms with van der Waals surface area (Å²) in [7, 11) is -7.10. The molecule has 2 saturated heterocycles. The molecular formula is C27H34N4O5S2. The van der Waals surface area contributed by atoms with Crippen LogP contribution < -0.4 is 4.72 Å². The fraction of sp³-hybridized carbons (Fsp3) is 0.481. The third kappa shape index (κ3) is 6.20. The van der Waals surface area contributed by atoms with Crippen LogP contribution in [-0.2, 0) is 20.0 Å². The van der Waals surface area contributed by atoms with Crippen LogP contribution >= 0.6 is 0 Å². The van der Waals surface area contributed by atoms with E-state index >= 15 is 0 Å². The van der Waals surface area contributed by atoms with Gasteiger partial charge in [-0.1, -0.05) is 18.2 Å². The Morgan fingerprint density at radius 1 is 0.974 bits per heavy atom. The Bertz CT molecular complexity index is 1420. The molecule has 4 rings (SSSR count). The van der Waals surface area contributed by atoms with Crippen molar-refractivity contribution in [3.8, 4) is 6.07 Å². The van der Waals surface area contributed by atoms with Gasteiger partial charge in [-0.05, 0) is 80.8 Å². The van der Waals surface area contributed by atoms with Crippen molar-refractivity contribution in [2.75, 3.05) is 36.7 Å². The first kappa shape index (κ1) is 28.1. The SMILES string of the molecule is CCS(=O)(=O)N1CCC(S(=O)(=O)Nc2cc(C(=O)N3CCC(c4ccc(C#N)cc4)CC3)ccc2C)CC1. The first-order valence-electron chi connectivity index (χ1n) is 12.9. The van der Waals surface area contributed by atoms with Gasteiger partial charge in [0.15, 0.2) is 0 Å². The van der Waals surface area contributed by atoms with Gasteiger partial charge in [0.25, 0.3) is 5.91 Å². The van der Waals surface area contributed by atoms with Gasteiger partial charge in [0.2, 0.25) is 20.0 Å². The van der Waals surface area contributed by atoms with Crippen molar-refractivity contribution in [3.63, 3.8) is 0 Å². The van der Waals surface area contributed by atoms with Crippen LogP contribution in [0.25, 0.3) is 0 Å². The van der Waals surface area contributed by atoms with E-state index in [1.54, 1.807) is 36.9 Å². The van der Waals surface area contributed by atoms with Gasteiger partial charge >= 0.3 is 0 Å². The van der Waals surface area contributed by atoms with Gasteiger partial charge < -0.3 is 4.90 Å². The van der Waals surface area contributed by atoms with Crippen LogP contribution in [-0.4, -0.2) is 69.1 Å². The molecule has 9 nitrogen and oxygen atoms in total. The first-order valence-corrected chi connectivity index (χ1v) is 16.1. The minimum Gasteiger partial charge on any atom is -0.339 e. The van der Waals surface area contributed by atoms with Crippen molar-refractivity contribution in [2.45, 2.75) is 50.7 Å². The number of hydrogen-bond acceptors (Lipinski definition) is 6. The van der Waals surface area contributed by atoms with E-state index in [1.165, 1.54) is 9.87 Å². The number of nitrogens with one attached hydrogen (secondary N) is 1. The monoisotopic (exact) mass is 558 g/mol. The van der Waals surface area contributed by atoms with Crippen LogP contribution in [0.3, 0.4) is 0 Å². The number of likely N-dealkylation sites (tertiary alicyclic amines) is 1. The summed E-state index contributed by atoms with van der Waals surface area (Å²) >= 11 is 0. The second-order valence-electron chi connectivity index (χ2n) is 9.98. The van der Waals surface area contributed by atoms with E-state index in [4.69, 9.17) is 5.26 Å². The van der Waals surface area contributed by atoms with Gasteiger partial charge in [0.05, 0.1) is 28.3 Å². The molecule has 0 unspecified atom stereocenters. The number of hydrogen-bond donors (Lipinski definition) is 1. The highest BCUT2D eigenvalue weighted by Crippen LogP contribution is 2.30. The lowest BCUT2D eigenvalue weighted by Crippen LogP contribution is -2.44. The molecule has 0 aliphatic carbocycles. The number of sulfonamides is 2. The minimum absolute atomic E-state index is 0.00417. The topological polar surface area (TPSA) is 128 Å². The Balaban J connectivity index is 1.39. The molecule has 11 heteroatoms. The third-order valence-corrected chi connectivity index (χ3v) is 11.4. The van der Waals surface area contributed by atoms with Crippen LogP contribution in [0.1, 0.15) is 65.6 Å². The van der Waals surface area contributed by atoms with E-state index in [2.05, 4.69) is 10.8 Å². The van der Waals surface area contributed by atoms with Gasteiger partial charge in [-0.15, -0.1) is 0 Å². The van der Waals surface area contributed by atoms with Gasteiger partial charge in [-0.3, -0.25) is 9.52 Å². The van der Waals surface area contributed by atoms with E-state index in [-0.39, 0.29) is 37.6 Å². The van der Waals surface area contributed by atoms with E-state index in [9.17, 15) is 21.6 Å². The van der Waals surface area contributed by atoms with Gasteiger partial charge in [0, 0.05) is 31.7 Å². The molecule has 1 N–H and O–H groups in total. The Kier molecular flexibility index (Phi) is 8.45. The van der Waals surface area contributed by atoms with Gasteiger partial charge in [-0.25, -0.2) is 21.1 Å². The Morgan fingerprint density at radius 3 is 2.18 bits per heavy atom. The van der Waals surface area contributed by atoms with E-state index in [1.807, 2.05) is 24.3 Å². The predicted octanol–water partition coefficient (Wildman–Crippen LogP) is 3.44. The Hall–Kier alpha value is -2.94. The van der Waals surface area contributed by atoms with Crippen LogP contribution in [0.15, 0.2) is 42.5 Å². The van der Waals surface area contributed by atoms with Gasteiger partial charge in [0.1, 0.15) is 0 Å². The molecule has 2 fully saturated rings. The molecule has 2 aromatic rings. The second-order valence-corrected chi connectivity index (χ2v) is 14.2. The Morgan fingerprint density at radius 2 is 1.61 bits per heavy atom. The van der Waals surface area contributed by atoms with Crippen molar-refractivity contribution in [2.24, 2.45) is 0 Å². The van der Waals surface area contributed by atoms with E-state index in [0.717, 1.165) is 12.8 Å². The van der Waals surface area contributed by atoms with E-state index in [0.29, 0.717) is 41.4 Å². The molecule has 2 aliphatic heterocycles. The maximum atomic E-state index is 13.3. The maximum Gasteiger partial charge on any atom is 0.253 e. The molecule has 0 spiro atoms. The third-order valence-electron chi connectivity index (χ3n) is 7.63. The average Bonchev–Trinajstić information content (AvgIpc) is 2.94. The molecule has 2 aliphatic rings. The molecule has 0 radical (unpaired) electrons. The summed E-state index contributed by atoms with van der Waals surface area (Å²) in [5.74, 6) is 0.184. The van der Waals surface area contributed by atoms with Crippen molar-refractivity contribution < 1.29 is 21.6 Å². The number of rotatable bonds is 7. The maximum absolute atomic E-state index is 13.3. The largest absolute Gasteiger partial charge is 0.339 e. The van der Waals surface area contributed by atoms with Crippen LogP contribution in [0.2, 0.25) is 0 Å². The molecule has 1 amide bonds. The summed E-state index contributed by atoms with van der Waals surface area (Å²) in [4.78, 5) is 15.1. The fourth-order valence-electron chi connectivity index (χ4n) is 5.13. The highest BCUT2D eigenvalue weighted by molar-refractivity contribution is 7.93. The number of nitriles is 1. The van der Waals surface area contributed by atoms with Crippen molar-refractivity contribution in [3.05, 3.63) is 64.7 Å². The van der Waals surface area contributed by atoms with Crippen LogP contribution in [0.4, 0.5) is 5.69 Å². The van der Waals surface area contributed by atoms with Crippen molar-refractivity contribution in [1.82, 2.24) is 9.21 Å². The fourth-order valence-corrected chi connectivity index (χ4v) is 7.79. The molecule has 0 bridgehead atoms. The number of aryl methyl sites for hydroxylation is 1. The number of carbonyl (C=O) groups is 1. The van der Waals surface area contributed by atoms with Crippen molar-refractivity contribution in [1.29, 1.82) is 5.26 Å². The zero-order chi connectivity index (χ0) is 27.5. The molecule has 204 valence electrons. The molecule has 38 heavy (non-hydrogen) atoms. The quantitative estimate of drug-likeness (QED) is 0.555.